The molecule has 0 unspecified atom stereocenters. The van der Waals surface area contributed by atoms with Gasteiger partial charge in [0.2, 0.25) is 5.91 Å². The molecule has 0 saturated heterocycles. The summed E-state index contributed by atoms with van der Waals surface area (Å²) in [5.41, 5.74) is 1.09. The number of carboxylic acid groups (broad SMARTS) is 1. The van der Waals surface area contributed by atoms with Crippen LogP contribution in [0.4, 0.5) is 0 Å². The summed E-state index contributed by atoms with van der Waals surface area (Å²) in [5.74, 6) is -1.30. The SMILES string of the molecule is O=C(CCc1ccccc1Br)N[C@H]1CCCCC[C@H]1C(=O)O. The quantitative estimate of drug-likeness (QED) is 0.782. The topological polar surface area (TPSA) is 66.4 Å². The molecule has 1 fully saturated rings. The van der Waals surface area contributed by atoms with Crippen LogP contribution in [0.5, 0.6) is 0 Å². The van der Waals surface area contributed by atoms with Crippen LogP contribution in [-0.4, -0.2) is 23.0 Å². The Morgan fingerprint density at radius 2 is 1.91 bits per heavy atom. The molecule has 5 heteroatoms. The average Bonchev–Trinajstić information content (AvgIpc) is 2.72. The predicted octanol–water partition coefficient (Wildman–Crippen LogP) is 3.53. The summed E-state index contributed by atoms with van der Waals surface area (Å²) in [5, 5.41) is 12.3. The maximum atomic E-state index is 12.2. The summed E-state index contributed by atoms with van der Waals surface area (Å²) in [7, 11) is 0. The molecule has 1 aromatic carbocycles. The zero-order chi connectivity index (χ0) is 15.9. The van der Waals surface area contributed by atoms with Crippen LogP contribution in [0.1, 0.15) is 44.1 Å². The fourth-order valence-corrected chi connectivity index (χ4v) is 3.49. The third-order valence-electron chi connectivity index (χ3n) is 4.26. The van der Waals surface area contributed by atoms with Crippen LogP contribution in [0.15, 0.2) is 28.7 Å². The van der Waals surface area contributed by atoms with E-state index in [4.69, 9.17) is 0 Å². The zero-order valence-corrected chi connectivity index (χ0v) is 14.1. The Hall–Kier alpha value is -1.36. The summed E-state index contributed by atoms with van der Waals surface area (Å²) in [4.78, 5) is 23.5. The number of carbonyl (C=O) groups excluding carboxylic acids is 1. The first-order valence-electron chi connectivity index (χ1n) is 7.83. The van der Waals surface area contributed by atoms with Crippen molar-refractivity contribution in [2.24, 2.45) is 5.92 Å². The summed E-state index contributed by atoms with van der Waals surface area (Å²) >= 11 is 3.47. The molecule has 2 N–H and O–H groups in total. The molecule has 0 spiro atoms. The predicted molar refractivity (Wildman–Crippen MR) is 88.6 cm³/mol. The Kier molecular flexibility index (Phi) is 6.43. The van der Waals surface area contributed by atoms with E-state index in [1.807, 2.05) is 24.3 Å². The Balaban J connectivity index is 1.89. The maximum absolute atomic E-state index is 12.2. The number of aryl methyl sites for hydroxylation is 1. The largest absolute Gasteiger partial charge is 0.481 e. The molecule has 1 saturated carbocycles. The normalized spacial score (nSPS) is 21.9. The number of amides is 1. The van der Waals surface area contributed by atoms with Gasteiger partial charge in [0.05, 0.1) is 5.92 Å². The molecule has 4 nitrogen and oxygen atoms in total. The van der Waals surface area contributed by atoms with Gasteiger partial charge in [-0.25, -0.2) is 0 Å². The Morgan fingerprint density at radius 3 is 2.64 bits per heavy atom. The molecule has 1 aromatic rings. The van der Waals surface area contributed by atoms with Crippen LogP contribution in [0, 0.1) is 5.92 Å². The minimum absolute atomic E-state index is 0.0612. The van der Waals surface area contributed by atoms with Gasteiger partial charge < -0.3 is 10.4 Å². The number of hydrogen-bond acceptors (Lipinski definition) is 2. The van der Waals surface area contributed by atoms with E-state index >= 15 is 0 Å². The highest BCUT2D eigenvalue weighted by Gasteiger charge is 2.30. The van der Waals surface area contributed by atoms with Crippen LogP contribution in [-0.2, 0) is 16.0 Å². The summed E-state index contributed by atoms with van der Waals surface area (Å²) < 4.78 is 1.00. The van der Waals surface area contributed by atoms with Crippen molar-refractivity contribution in [1.82, 2.24) is 5.32 Å². The highest BCUT2D eigenvalue weighted by Crippen LogP contribution is 2.24. The van der Waals surface area contributed by atoms with Crippen LogP contribution < -0.4 is 5.32 Å². The highest BCUT2D eigenvalue weighted by molar-refractivity contribution is 9.10. The molecule has 1 aliphatic rings. The Morgan fingerprint density at radius 1 is 1.18 bits per heavy atom. The standard InChI is InChI=1S/C17H22BrNO3/c18-14-8-5-4-6-12(14)10-11-16(20)19-15-9-3-1-2-7-13(15)17(21)22/h4-6,8,13,15H,1-3,7,9-11H2,(H,19,20)(H,21,22)/t13-,15+/m1/s1. The Bertz CT molecular complexity index is 532. The second-order valence-corrected chi connectivity index (χ2v) is 6.70. The van der Waals surface area contributed by atoms with Gasteiger partial charge in [-0.3, -0.25) is 9.59 Å². The molecule has 0 heterocycles. The van der Waals surface area contributed by atoms with Crippen molar-refractivity contribution in [1.29, 1.82) is 0 Å². The van der Waals surface area contributed by atoms with Gasteiger partial charge in [-0.15, -0.1) is 0 Å². The fourth-order valence-electron chi connectivity index (χ4n) is 3.00. The number of carboxylic acids is 1. The van der Waals surface area contributed by atoms with Crippen LogP contribution >= 0.6 is 15.9 Å². The van der Waals surface area contributed by atoms with Crippen molar-refractivity contribution in [3.63, 3.8) is 0 Å². The van der Waals surface area contributed by atoms with E-state index in [0.29, 0.717) is 19.3 Å². The first kappa shape index (κ1) is 17.0. The lowest BCUT2D eigenvalue weighted by atomic mass is 9.94. The molecule has 1 aliphatic carbocycles. The number of nitrogens with one attached hydrogen (secondary N) is 1. The van der Waals surface area contributed by atoms with Crippen molar-refractivity contribution in [3.05, 3.63) is 34.3 Å². The van der Waals surface area contributed by atoms with Crippen LogP contribution in [0.2, 0.25) is 0 Å². The molecule has 2 rings (SSSR count). The van der Waals surface area contributed by atoms with Crippen molar-refractivity contribution in [2.45, 2.75) is 51.0 Å². The minimum Gasteiger partial charge on any atom is -0.481 e. The van der Waals surface area contributed by atoms with Crippen molar-refractivity contribution < 1.29 is 14.7 Å². The lowest BCUT2D eigenvalue weighted by molar-refractivity contribution is -0.143. The van der Waals surface area contributed by atoms with Gasteiger partial charge in [0, 0.05) is 16.9 Å². The number of benzene rings is 1. The molecule has 1 amide bonds. The monoisotopic (exact) mass is 367 g/mol. The van der Waals surface area contributed by atoms with E-state index in [0.717, 1.165) is 35.7 Å². The first-order chi connectivity index (χ1) is 10.6. The van der Waals surface area contributed by atoms with Gasteiger partial charge in [0.25, 0.3) is 0 Å². The molecule has 0 aliphatic heterocycles. The average molecular weight is 368 g/mol. The molecule has 120 valence electrons. The molecule has 0 bridgehead atoms. The second-order valence-electron chi connectivity index (χ2n) is 5.85. The van der Waals surface area contributed by atoms with Gasteiger partial charge in [0.1, 0.15) is 0 Å². The number of carbonyl (C=O) groups is 2. The summed E-state index contributed by atoms with van der Waals surface area (Å²) in [6.07, 6.45) is 5.41. The van der Waals surface area contributed by atoms with Crippen molar-refractivity contribution >= 4 is 27.8 Å². The number of rotatable bonds is 5. The number of aliphatic carboxylic acids is 1. The van der Waals surface area contributed by atoms with E-state index in [2.05, 4.69) is 21.2 Å². The Labute approximate surface area is 139 Å². The minimum atomic E-state index is -0.794. The molecule has 2 atom stereocenters. The third kappa shape index (κ3) is 4.83. The zero-order valence-electron chi connectivity index (χ0n) is 12.6. The smallest absolute Gasteiger partial charge is 0.308 e. The fraction of sp³-hybridized carbons (Fsp3) is 0.529. The van der Waals surface area contributed by atoms with E-state index in [9.17, 15) is 14.7 Å². The molecule has 22 heavy (non-hydrogen) atoms. The maximum Gasteiger partial charge on any atom is 0.308 e. The van der Waals surface area contributed by atoms with E-state index in [-0.39, 0.29) is 11.9 Å². The van der Waals surface area contributed by atoms with Crippen LogP contribution in [0.3, 0.4) is 0 Å². The van der Waals surface area contributed by atoms with Gasteiger partial charge in [-0.1, -0.05) is 53.4 Å². The number of halogens is 1. The van der Waals surface area contributed by atoms with E-state index in [1.165, 1.54) is 0 Å². The third-order valence-corrected chi connectivity index (χ3v) is 5.03. The van der Waals surface area contributed by atoms with Gasteiger partial charge >= 0.3 is 5.97 Å². The number of hydrogen-bond donors (Lipinski definition) is 2. The molecule has 0 aromatic heterocycles. The van der Waals surface area contributed by atoms with Gasteiger partial charge in [0.15, 0.2) is 0 Å². The highest BCUT2D eigenvalue weighted by atomic mass is 79.9. The van der Waals surface area contributed by atoms with E-state index < -0.39 is 11.9 Å². The van der Waals surface area contributed by atoms with E-state index in [1.54, 1.807) is 0 Å². The molecular formula is C17H22BrNO3. The lowest BCUT2D eigenvalue weighted by Gasteiger charge is -2.23. The second kappa shape index (κ2) is 8.32. The van der Waals surface area contributed by atoms with Crippen molar-refractivity contribution in [3.8, 4) is 0 Å². The van der Waals surface area contributed by atoms with Gasteiger partial charge in [-0.05, 0) is 30.9 Å². The lowest BCUT2D eigenvalue weighted by Crippen LogP contribution is -2.42. The summed E-state index contributed by atoms with van der Waals surface area (Å²) in [6.45, 7) is 0. The first-order valence-corrected chi connectivity index (χ1v) is 8.63. The van der Waals surface area contributed by atoms with Gasteiger partial charge in [-0.2, -0.15) is 0 Å². The molecule has 0 radical (unpaired) electrons. The molecular weight excluding hydrogens is 346 g/mol. The van der Waals surface area contributed by atoms with Crippen molar-refractivity contribution in [2.75, 3.05) is 0 Å². The summed E-state index contributed by atoms with van der Waals surface area (Å²) in [6, 6.07) is 7.61. The van der Waals surface area contributed by atoms with Crippen LogP contribution in [0.25, 0.3) is 0 Å².